The quantitative estimate of drug-likeness (QED) is 0.125. The first-order chi connectivity index (χ1) is 15.5. The first-order valence-corrected chi connectivity index (χ1v) is 13.0. The zero-order valence-electron chi connectivity index (χ0n) is 21.6. The standard InChI is InChI=1S/C26H48BFNO3/c1-7-12-14-16-21-30-27(31-22-17-15-13-8-2)32-25-20-18-19-24(26(25)28)23(6)29(9-3,10-4)11-5/h18-20,23H,7-17,21-22H2,1-6H3/q+1. The Morgan fingerprint density at radius 2 is 1.34 bits per heavy atom. The van der Waals surface area contributed by atoms with Gasteiger partial charge in [0, 0.05) is 18.8 Å². The normalized spacial score (nSPS) is 12.7. The largest absolute Gasteiger partial charge is 0.713 e. The topological polar surface area (TPSA) is 27.7 Å². The summed E-state index contributed by atoms with van der Waals surface area (Å²) < 4.78 is 34.1. The van der Waals surface area contributed by atoms with E-state index in [2.05, 4.69) is 41.5 Å². The second kappa shape index (κ2) is 16.5. The van der Waals surface area contributed by atoms with E-state index in [1.54, 1.807) is 6.07 Å². The molecule has 1 unspecified atom stereocenters. The molecule has 0 N–H and O–H groups in total. The number of rotatable bonds is 19. The maximum Gasteiger partial charge on any atom is 0.713 e. The molecule has 0 fully saturated rings. The molecule has 1 atom stereocenters. The van der Waals surface area contributed by atoms with Gasteiger partial charge in [0.1, 0.15) is 11.8 Å². The molecule has 0 bridgehead atoms. The molecule has 32 heavy (non-hydrogen) atoms. The molecule has 0 saturated carbocycles. The van der Waals surface area contributed by atoms with Crippen molar-refractivity contribution < 1.29 is 22.8 Å². The molecule has 0 spiro atoms. The van der Waals surface area contributed by atoms with E-state index < -0.39 is 7.32 Å². The Bertz CT molecular complexity index is 590. The summed E-state index contributed by atoms with van der Waals surface area (Å²) in [5.41, 5.74) is 0.692. The molecular weight excluding hydrogens is 404 g/mol. The lowest BCUT2D eigenvalue weighted by Gasteiger charge is -2.41. The highest BCUT2D eigenvalue weighted by Gasteiger charge is 2.33. The van der Waals surface area contributed by atoms with E-state index in [1.807, 2.05) is 12.1 Å². The Balaban J connectivity index is 2.91. The maximum absolute atomic E-state index is 15.6. The lowest BCUT2D eigenvalue weighted by Crippen LogP contribution is -2.49. The predicted octanol–water partition coefficient (Wildman–Crippen LogP) is 7.32. The molecule has 0 aliphatic carbocycles. The average Bonchev–Trinajstić information content (AvgIpc) is 2.81. The predicted molar refractivity (Wildman–Crippen MR) is 133 cm³/mol. The van der Waals surface area contributed by atoms with Crippen molar-refractivity contribution in [2.24, 2.45) is 0 Å². The van der Waals surface area contributed by atoms with Crippen molar-refractivity contribution in [2.75, 3.05) is 32.8 Å². The molecule has 0 amide bonds. The maximum atomic E-state index is 15.6. The van der Waals surface area contributed by atoms with Crippen LogP contribution in [0.3, 0.4) is 0 Å². The van der Waals surface area contributed by atoms with Gasteiger partial charge in [0.25, 0.3) is 0 Å². The van der Waals surface area contributed by atoms with Crippen molar-refractivity contribution in [1.29, 1.82) is 0 Å². The third-order valence-corrected chi connectivity index (χ3v) is 6.88. The van der Waals surface area contributed by atoms with Gasteiger partial charge in [-0.2, -0.15) is 0 Å². The number of halogens is 1. The number of unbranched alkanes of at least 4 members (excludes halogenated alkanes) is 6. The number of quaternary nitrogens is 1. The summed E-state index contributed by atoms with van der Waals surface area (Å²) in [5, 5.41) is 0. The van der Waals surface area contributed by atoms with Crippen molar-refractivity contribution in [3.05, 3.63) is 29.6 Å². The fourth-order valence-electron chi connectivity index (χ4n) is 4.37. The SMILES string of the molecule is CCCCCCOB(OCCCCCC)Oc1cccc(C(C)[N+](CC)(CC)CC)c1F. The highest BCUT2D eigenvalue weighted by Crippen LogP contribution is 2.33. The van der Waals surface area contributed by atoms with Gasteiger partial charge < -0.3 is 18.4 Å². The summed E-state index contributed by atoms with van der Waals surface area (Å²) in [6.45, 7) is 17.0. The molecule has 0 aromatic heterocycles. The molecule has 0 heterocycles. The minimum absolute atomic E-state index is 0.0434. The van der Waals surface area contributed by atoms with E-state index in [9.17, 15) is 0 Å². The molecular formula is C26H48BFNO3+. The van der Waals surface area contributed by atoms with Gasteiger partial charge in [0.05, 0.1) is 19.6 Å². The van der Waals surface area contributed by atoms with Crippen molar-refractivity contribution in [2.45, 2.75) is 99.0 Å². The van der Waals surface area contributed by atoms with Crippen molar-refractivity contribution in [3.8, 4) is 5.75 Å². The van der Waals surface area contributed by atoms with Crippen LogP contribution in [0.4, 0.5) is 4.39 Å². The van der Waals surface area contributed by atoms with Crippen molar-refractivity contribution >= 4 is 7.32 Å². The zero-order chi connectivity index (χ0) is 23.8. The van der Waals surface area contributed by atoms with Crippen LogP contribution < -0.4 is 4.65 Å². The van der Waals surface area contributed by atoms with Crippen LogP contribution >= 0.6 is 0 Å². The Hall–Kier alpha value is -1.11. The average molecular weight is 452 g/mol. The third-order valence-electron chi connectivity index (χ3n) is 6.88. The molecule has 1 aromatic rings. The molecule has 0 aliphatic rings. The lowest BCUT2D eigenvalue weighted by molar-refractivity contribution is -0.950. The van der Waals surface area contributed by atoms with Gasteiger partial charge in [0.15, 0.2) is 5.82 Å². The summed E-state index contributed by atoms with van der Waals surface area (Å²) in [5.74, 6) is -0.0881. The Morgan fingerprint density at radius 3 is 1.81 bits per heavy atom. The van der Waals surface area contributed by atoms with E-state index in [4.69, 9.17) is 14.0 Å². The molecule has 6 heteroatoms. The fourth-order valence-corrected chi connectivity index (χ4v) is 4.37. The van der Waals surface area contributed by atoms with Gasteiger partial charge in [-0.05, 0) is 52.7 Å². The third kappa shape index (κ3) is 9.03. The van der Waals surface area contributed by atoms with Crippen molar-refractivity contribution in [3.63, 3.8) is 0 Å². The molecule has 0 radical (unpaired) electrons. The van der Waals surface area contributed by atoms with E-state index in [1.165, 1.54) is 25.7 Å². The smallest absolute Gasteiger partial charge is 0.509 e. The summed E-state index contributed by atoms with van der Waals surface area (Å²) >= 11 is 0. The molecule has 0 saturated heterocycles. The van der Waals surface area contributed by atoms with Gasteiger partial charge in [-0.1, -0.05) is 58.4 Å². The molecule has 1 rings (SSSR count). The van der Waals surface area contributed by atoms with E-state index >= 15 is 4.39 Å². The molecule has 4 nitrogen and oxygen atoms in total. The van der Waals surface area contributed by atoms with Gasteiger partial charge in [-0.15, -0.1) is 0 Å². The molecule has 0 aliphatic heterocycles. The monoisotopic (exact) mass is 452 g/mol. The second-order valence-electron chi connectivity index (χ2n) is 8.77. The molecule has 1 aromatic carbocycles. The minimum Gasteiger partial charge on any atom is -0.509 e. The zero-order valence-corrected chi connectivity index (χ0v) is 21.6. The first kappa shape index (κ1) is 28.9. The van der Waals surface area contributed by atoms with Crippen LogP contribution in [0.1, 0.15) is 105 Å². The van der Waals surface area contributed by atoms with Gasteiger partial charge in [-0.3, -0.25) is 0 Å². The van der Waals surface area contributed by atoms with Crippen LogP contribution in [-0.2, 0) is 9.31 Å². The summed E-state index contributed by atoms with van der Waals surface area (Å²) in [4.78, 5) is 0. The summed E-state index contributed by atoms with van der Waals surface area (Å²) in [6.07, 6.45) is 8.88. The van der Waals surface area contributed by atoms with Gasteiger partial charge >= 0.3 is 7.32 Å². The highest BCUT2D eigenvalue weighted by molar-refractivity contribution is 6.37. The Morgan fingerprint density at radius 1 is 0.812 bits per heavy atom. The fraction of sp³-hybridized carbons (Fsp3) is 0.769. The lowest BCUT2D eigenvalue weighted by atomic mass is 10.0. The second-order valence-corrected chi connectivity index (χ2v) is 8.77. The summed E-state index contributed by atoms with van der Waals surface area (Å²) in [7, 11) is -0.874. The van der Waals surface area contributed by atoms with E-state index in [0.717, 1.165) is 49.8 Å². The van der Waals surface area contributed by atoms with Crippen LogP contribution in [0, 0.1) is 5.82 Å². The van der Waals surface area contributed by atoms with Crippen molar-refractivity contribution in [1.82, 2.24) is 0 Å². The van der Waals surface area contributed by atoms with Crippen LogP contribution in [-0.4, -0.2) is 44.7 Å². The van der Waals surface area contributed by atoms with Gasteiger partial charge in [-0.25, -0.2) is 4.39 Å². The van der Waals surface area contributed by atoms with Crippen LogP contribution in [0.25, 0.3) is 0 Å². The number of nitrogens with zero attached hydrogens (tertiary/aromatic N) is 1. The number of hydrogen-bond donors (Lipinski definition) is 0. The van der Waals surface area contributed by atoms with Crippen LogP contribution in [0.2, 0.25) is 0 Å². The first-order valence-electron chi connectivity index (χ1n) is 13.0. The van der Waals surface area contributed by atoms with Crippen LogP contribution in [0.15, 0.2) is 18.2 Å². The van der Waals surface area contributed by atoms with Gasteiger partial charge in [0.2, 0.25) is 0 Å². The molecule has 184 valence electrons. The number of benzene rings is 1. The summed E-state index contributed by atoms with van der Waals surface area (Å²) in [6, 6.07) is 5.48. The van der Waals surface area contributed by atoms with E-state index in [0.29, 0.717) is 18.8 Å². The van der Waals surface area contributed by atoms with Crippen LogP contribution in [0.5, 0.6) is 5.75 Å². The highest BCUT2D eigenvalue weighted by atomic mass is 19.1. The Labute approximate surface area is 197 Å². The number of hydrogen-bond acceptors (Lipinski definition) is 3. The Kier molecular flexibility index (Phi) is 14.9. The minimum atomic E-state index is -0.874. The van der Waals surface area contributed by atoms with E-state index in [-0.39, 0.29) is 17.6 Å².